The second-order valence-electron chi connectivity index (χ2n) is 6.82. The Morgan fingerprint density at radius 1 is 1.16 bits per heavy atom. The summed E-state index contributed by atoms with van der Waals surface area (Å²) < 4.78 is 11.3. The molecule has 1 aromatic heterocycles. The van der Waals surface area contributed by atoms with Gasteiger partial charge in [-0.2, -0.15) is 0 Å². The molecule has 0 saturated carbocycles. The van der Waals surface area contributed by atoms with Crippen molar-refractivity contribution in [2.45, 2.75) is 19.9 Å². The van der Waals surface area contributed by atoms with Gasteiger partial charge in [-0.25, -0.2) is 4.98 Å². The minimum absolute atomic E-state index is 0. The van der Waals surface area contributed by atoms with E-state index >= 15 is 0 Å². The smallest absolute Gasteiger partial charge is 0.226 e. The minimum Gasteiger partial charge on any atom is -0.489 e. The Morgan fingerprint density at radius 2 is 1.94 bits per heavy atom. The number of aryl methyl sites for hydroxylation is 1. The van der Waals surface area contributed by atoms with Crippen molar-refractivity contribution in [2.75, 3.05) is 20.2 Å². The molecule has 3 rings (SSSR count). The first-order chi connectivity index (χ1) is 14.7. The van der Waals surface area contributed by atoms with Crippen molar-refractivity contribution in [2.24, 2.45) is 4.99 Å². The fraction of sp³-hybridized carbons (Fsp3) is 0.250. The lowest BCUT2D eigenvalue weighted by Gasteiger charge is -2.14. The molecule has 0 atom stereocenters. The molecule has 2 N–H and O–H groups in total. The van der Waals surface area contributed by atoms with Crippen LogP contribution in [0.3, 0.4) is 0 Å². The molecule has 1 heterocycles. The van der Waals surface area contributed by atoms with Crippen molar-refractivity contribution in [1.29, 1.82) is 0 Å². The van der Waals surface area contributed by atoms with Gasteiger partial charge in [0.15, 0.2) is 5.96 Å². The summed E-state index contributed by atoms with van der Waals surface area (Å²) in [4.78, 5) is 8.86. The number of guanidine groups is 1. The van der Waals surface area contributed by atoms with E-state index < -0.39 is 0 Å². The van der Waals surface area contributed by atoms with E-state index in [4.69, 9.17) is 9.15 Å². The van der Waals surface area contributed by atoms with Crippen LogP contribution in [0.1, 0.15) is 16.8 Å². The highest BCUT2D eigenvalue weighted by molar-refractivity contribution is 14.0. The Morgan fingerprint density at radius 3 is 2.68 bits per heavy atom. The van der Waals surface area contributed by atoms with E-state index in [2.05, 4.69) is 46.2 Å². The molecule has 0 unspecified atom stereocenters. The van der Waals surface area contributed by atoms with Gasteiger partial charge in [0.2, 0.25) is 5.89 Å². The molecule has 31 heavy (non-hydrogen) atoms. The molecule has 0 aliphatic carbocycles. The van der Waals surface area contributed by atoms with Crippen LogP contribution in [0.2, 0.25) is 0 Å². The Kier molecular flexibility index (Phi) is 10.1. The van der Waals surface area contributed by atoms with Crippen molar-refractivity contribution in [3.8, 4) is 17.2 Å². The number of aromatic nitrogens is 1. The second kappa shape index (κ2) is 12.8. The van der Waals surface area contributed by atoms with Crippen molar-refractivity contribution in [1.82, 2.24) is 15.6 Å². The van der Waals surface area contributed by atoms with Crippen molar-refractivity contribution < 1.29 is 9.15 Å². The lowest BCUT2D eigenvalue weighted by Crippen LogP contribution is -2.38. The first kappa shape index (κ1) is 24.5. The molecule has 164 valence electrons. The van der Waals surface area contributed by atoms with Crippen molar-refractivity contribution in [3.05, 3.63) is 84.3 Å². The molecule has 0 amide bonds. The molecule has 0 aliphatic rings. The van der Waals surface area contributed by atoms with Crippen LogP contribution in [0.25, 0.3) is 11.5 Å². The van der Waals surface area contributed by atoms with Gasteiger partial charge in [0.1, 0.15) is 18.6 Å². The molecule has 0 saturated heterocycles. The molecule has 3 aromatic rings. The van der Waals surface area contributed by atoms with Gasteiger partial charge >= 0.3 is 0 Å². The number of rotatable bonds is 9. The van der Waals surface area contributed by atoms with Gasteiger partial charge in [0.25, 0.3) is 0 Å². The topological polar surface area (TPSA) is 71.7 Å². The minimum atomic E-state index is 0. The normalized spacial score (nSPS) is 10.8. The van der Waals surface area contributed by atoms with Gasteiger partial charge in [-0.05, 0) is 25.1 Å². The molecule has 7 heteroatoms. The highest BCUT2D eigenvalue weighted by Gasteiger charge is 2.08. The van der Waals surface area contributed by atoms with Crippen LogP contribution < -0.4 is 15.4 Å². The Labute approximate surface area is 200 Å². The summed E-state index contributed by atoms with van der Waals surface area (Å²) in [6, 6.07) is 16.1. The zero-order valence-corrected chi connectivity index (χ0v) is 20.3. The third kappa shape index (κ3) is 7.43. The van der Waals surface area contributed by atoms with E-state index in [-0.39, 0.29) is 24.0 Å². The van der Waals surface area contributed by atoms with Crippen LogP contribution in [0.15, 0.2) is 76.9 Å². The van der Waals surface area contributed by atoms with Crippen molar-refractivity contribution >= 4 is 29.9 Å². The number of benzene rings is 2. The fourth-order valence-electron chi connectivity index (χ4n) is 2.90. The lowest BCUT2D eigenvalue weighted by atomic mass is 10.1. The number of hydrogen-bond acceptors (Lipinski definition) is 4. The molecule has 2 aromatic carbocycles. The molecule has 0 spiro atoms. The van der Waals surface area contributed by atoms with Gasteiger partial charge in [0, 0.05) is 37.7 Å². The van der Waals surface area contributed by atoms with Crippen LogP contribution in [0.5, 0.6) is 5.75 Å². The molecular weight excluding hydrogens is 503 g/mol. The second-order valence-corrected chi connectivity index (χ2v) is 6.82. The lowest BCUT2D eigenvalue weighted by molar-refractivity contribution is 0.358. The summed E-state index contributed by atoms with van der Waals surface area (Å²) in [6.07, 6.45) is 4.17. The SMILES string of the molecule is C=CCOc1ccccc1CNC(=NC)NCCc1coc(-c2ccc(C)cc2)n1.I. The maximum Gasteiger partial charge on any atom is 0.226 e. The molecule has 0 fully saturated rings. The Bertz CT molecular complexity index is 983. The number of halogens is 1. The van der Waals surface area contributed by atoms with E-state index in [0.717, 1.165) is 35.0 Å². The van der Waals surface area contributed by atoms with Crippen LogP contribution in [0.4, 0.5) is 0 Å². The average Bonchev–Trinajstić information content (AvgIpc) is 3.24. The van der Waals surface area contributed by atoms with Gasteiger partial charge in [-0.3, -0.25) is 4.99 Å². The summed E-state index contributed by atoms with van der Waals surface area (Å²) in [5.74, 6) is 2.20. The number of nitrogens with one attached hydrogen (secondary N) is 2. The summed E-state index contributed by atoms with van der Waals surface area (Å²) in [6.45, 7) is 7.52. The molecular formula is C24H29IN4O2. The number of hydrogen-bond donors (Lipinski definition) is 2. The van der Waals surface area contributed by atoms with Gasteiger partial charge < -0.3 is 19.8 Å². The summed E-state index contributed by atoms with van der Waals surface area (Å²) in [5.41, 5.74) is 4.15. The van der Waals surface area contributed by atoms with E-state index in [1.165, 1.54) is 5.56 Å². The van der Waals surface area contributed by atoms with Gasteiger partial charge in [-0.1, -0.05) is 48.6 Å². The van der Waals surface area contributed by atoms with E-state index in [1.807, 2.05) is 36.4 Å². The Hall–Kier alpha value is -2.81. The molecule has 0 radical (unpaired) electrons. The Balaban J connectivity index is 0.00000341. The van der Waals surface area contributed by atoms with E-state index in [1.54, 1.807) is 19.4 Å². The summed E-state index contributed by atoms with van der Waals surface area (Å²) in [7, 11) is 1.75. The number of aliphatic imine (C=N–C) groups is 1. The first-order valence-electron chi connectivity index (χ1n) is 9.97. The van der Waals surface area contributed by atoms with E-state index in [0.29, 0.717) is 25.6 Å². The van der Waals surface area contributed by atoms with E-state index in [9.17, 15) is 0 Å². The molecule has 0 bridgehead atoms. The largest absolute Gasteiger partial charge is 0.489 e. The van der Waals surface area contributed by atoms with Crippen LogP contribution in [-0.4, -0.2) is 31.1 Å². The maximum absolute atomic E-state index is 5.70. The average molecular weight is 532 g/mol. The zero-order chi connectivity index (χ0) is 21.2. The number of para-hydroxylation sites is 1. The fourth-order valence-corrected chi connectivity index (χ4v) is 2.90. The monoisotopic (exact) mass is 532 g/mol. The summed E-state index contributed by atoms with van der Waals surface area (Å²) in [5, 5.41) is 6.62. The first-order valence-corrected chi connectivity index (χ1v) is 9.97. The highest BCUT2D eigenvalue weighted by Crippen LogP contribution is 2.19. The number of ether oxygens (including phenoxy) is 1. The van der Waals surface area contributed by atoms with Crippen LogP contribution in [-0.2, 0) is 13.0 Å². The predicted molar refractivity (Wildman–Crippen MR) is 136 cm³/mol. The molecule has 0 aliphatic heterocycles. The standard InChI is InChI=1S/C24H28N4O2.HI/c1-4-15-29-22-8-6-5-7-20(22)16-27-24(25-3)26-14-13-21-17-30-23(28-21)19-11-9-18(2)10-12-19;/h4-12,17H,1,13-16H2,2-3H3,(H2,25,26,27);1H. The third-order valence-corrected chi connectivity index (χ3v) is 4.52. The summed E-state index contributed by atoms with van der Waals surface area (Å²) >= 11 is 0. The number of oxazole rings is 1. The van der Waals surface area contributed by atoms with Crippen LogP contribution >= 0.6 is 24.0 Å². The third-order valence-electron chi connectivity index (χ3n) is 4.52. The van der Waals surface area contributed by atoms with Crippen LogP contribution in [0, 0.1) is 6.92 Å². The van der Waals surface area contributed by atoms with Gasteiger partial charge in [0.05, 0.1) is 5.69 Å². The number of nitrogens with zero attached hydrogens (tertiary/aromatic N) is 2. The highest BCUT2D eigenvalue weighted by atomic mass is 127. The predicted octanol–water partition coefficient (Wildman–Crippen LogP) is 4.74. The zero-order valence-electron chi connectivity index (χ0n) is 17.9. The van der Waals surface area contributed by atoms with Crippen molar-refractivity contribution in [3.63, 3.8) is 0 Å². The van der Waals surface area contributed by atoms with Gasteiger partial charge in [-0.15, -0.1) is 24.0 Å². The maximum atomic E-state index is 5.70. The molecule has 6 nitrogen and oxygen atoms in total. The quantitative estimate of drug-likeness (QED) is 0.180.